The summed E-state index contributed by atoms with van der Waals surface area (Å²) in [6, 6.07) is 8.37. The fourth-order valence-electron chi connectivity index (χ4n) is 4.03. The van der Waals surface area contributed by atoms with Gasteiger partial charge in [-0.25, -0.2) is 4.79 Å². The van der Waals surface area contributed by atoms with Crippen molar-refractivity contribution < 1.29 is 4.79 Å². The fraction of sp³-hybridized carbons (Fsp3) is 0.409. The molecular weight excluding hydrogens is 336 g/mol. The predicted octanol–water partition coefficient (Wildman–Crippen LogP) is 4.85. The van der Waals surface area contributed by atoms with Gasteiger partial charge < -0.3 is 10.2 Å². The molecule has 1 N–H and O–H groups in total. The zero-order valence-electron chi connectivity index (χ0n) is 15.6. The molecule has 2 aromatic rings. The van der Waals surface area contributed by atoms with Gasteiger partial charge in [-0.3, -0.25) is 9.97 Å². The van der Waals surface area contributed by atoms with Gasteiger partial charge in [-0.05, 0) is 48.4 Å². The van der Waals surface area contributed by atoms with E-state index < -0.39 is 0 Å². The van der Waals surface area contributed by atoms with Crippen molar-refractivity contribution >= 4 is 17.3 Å². The molecule has 27 heavy (non-hydrogen) atoms. The van der Waals surface area contributed by atoms with E-state index in [1.165, 1.54) is 37.7 Å². The molecule has 0 saturated heterocycles. The highest BCUT2D eigenvalue weighted by Crippen LogP contribution is 2.33. The van der Waals surface area contributed by atoms with Gasteiger partial charge in [-0.1, -0.05) is 37.5 Å². The Balaban J connectivity index is 1.33. The molecule has 0 bridgehead atoms. The number of aromatic nitrogens is 2. The second-order valence-corrected chi connectivity index (χ2v) is 7.40. The Morgan fingerprint density at radius 2 is 1.89 bits per heavy atom. The largest absolute Gasteiger partial charge is 0.322 e. The van der Waals surface area contributed by atoms with Gasteiger partial charge in [-0.15, -0.1) is 0 Å². The molecule has 5 nitrogen and oxygen atoms in total. The van der Waals surface area contributed by atoms with Crippen LogP contribution in [0.25, 0.3) is 5.57 Å². The highest BCUT2D eigenvalue weighted by atomic mass is 16.2. The van der Waals surface area contributed by atoms with E-state index in [0.29, 0.717) is 19.0 Å². The van der Waals surface area contributed by atoms with Crippen molar-refractivity contribution in [3.8, 4) is 0 Å². The summed E-state index contributed by atoms with van der Waals surface area (Å²) >= 11 is 0. The SMILES string of the molecule is O=C(Nc1ccc(C2CCCCC2)cc1)N1CC=C(c2cnccn2)CC1. The third kappa shape index (κ3) is 4.35. The van der Waals surface area contributed by atoms with E-state index in [1.807, 2.05) is 17.0 Å². The average Bonchev–Trinajstić information content (AvgIpc) is 2.76. The van der Waals surface area contributed by atoms with Crippen molar-refractivity contribution in [2.45, 2.75) is 44.4 Å². The second kappa shape index (κ2) is 8.33. The van der Waals surface area contributed by atoms with Crippen LogP contribution in [-0.2, 0) is 0 Å². The van der Waals surface area contributed by atoms with Crippen LogP contribution in [-0.4, -0.2) is 34.0 Å². The molecule has 1 aliphatic carbocycles. The highest BCUT2D eigenvalue weighted by Gasteiger charge is 2.19. The van der Waals surface area contributed by atoms with Crippen LogP contribution in [0.15, 0.2) is 48.9 Å². The van der Waals surface area contributed by atoms with E-state index >= 15 is 0 Å². The van der Waals surface area contributed by atoms with Crippen molar-refractivity contribution in [2.24, 2.45) is 0 Å². The molecule has 1 aromatic carbocycles. The Morgan fingerprint density at radius 3 is 2.56 bits per heavy atom. The van der Waals surface area contributed by atoms with Crippen molar-refractivity contribution in [3.63, 3.8) is 0 Å². The van der Waals surface area contributed by atoms with Gasteiger partial charge in [0.15, 0.2) is 0 Å². The van der Waals surface area contributed by atoms with Gasteiger partial charge in [0.25, 0.3) is 0 Å². The van der Waals surface area contributed by atoms with Gasteiger partial charge in [0.05, 0.1) is 11.9 Å². The third-order valence-electron chi connectivity index (χ3n) is 5.63. The number of hydrogen-bond acceptors (Lipinski definition) is 3. The summed E-state index contributed by atoms with van der Waals surface area (Å²) in [6.45, 7) is 1.28. The van der Waals surface area contributed by atoms with Crippen LogP contribution >= 0.6 is 0 Å². The quantitative estimate of drug-likeness (QED) is 0.849. The molecule has 1 aliphatic heterocycles. The van der Waals surface area contributed by atoms with Crippen LogP contribution < -0.4 is 5.32 Å². The Morgan fingerprint density at radius 1 is 1.07 bits per heavy atom. The molecule has 1 fully saturated rings. The number of benzene rings is 1. The van der Waals surface area contributed by atoms with E-state index in [9.17, 15) is 4.79 Å². The third-order valence-corrected chi connectivity index (χ3v) is 5.63. The molecule has 1 saturated carbocycles. The van der Waals surface area contributed by atoms with E-state index in [4.69, 9.17) is 0 Å². The van der Waals surface area contributed by atoms with Gasteiger partial charge >= 0.3 is 6.03 Å². The molecule has 2 heterocycles. The molecule has 0 atom stereocenters. The summed E-state index contributed by atoms with van der Waals surface area (Å²) in [5, 5.41) is 3.03. The molecule has 2 aliphatic rings. The van der Waals surface area contributed by atoms with Crippen molar-refractivity contribution in [3.05, 3.63) is 60.2 Å². The van der Waals surface area contributed by atoms with E-state index in [-0.39, 0.29) is 6.03 Å². The lowest BCUT2D eigenvalue weighted by atomic mass is 9.84. The molecule has 1 aromatic heterocycles. The first-order valence-electron chi connectivity index (χ1n) is 9.91. The highest BCUT2D eigenvalue weighted by molar-refractivity contribution is 5.90. The number of amides is 2. The fourth-order valence-corrected chi connectivity index (χ4v) is 4.03. The van der Waals surface area contributed by atoms with E-state index in [1.54, 1.807) is 18.6 Å². The van der Waals surface area contributed by atoms with Crippen LogP contribution in [0, 0.1) is 0 Å². The monoisotopic (exact) mass is 362 g/mol. The molecule has 0 radical (unpaired) electrons. The van der Waals surface area contributed by atoms with Crippen molar-refractivity contribution in [1.82, 2.24) is 14.9 Å². The maximum atomic E-state index is 12.6. The number of carbonyl (C=O) groups excluding carboxylic acids is 1. The number of rotatable bonds is 3. The number of anilines is 1. The molecule has 4 rings (SSSR count). The molecule has 0 unspecified atom stereocenters. The summed E-state index contributed by atoms with van der Waals surface area (Å²) in [6.07, 6.45) is 14.6. The van der Waals surface area contributed by atoms with Crippen LogP contribution in [0.3, 0.4) is 0 Å². The number of carbonyl (C=O) groups is 1. The molecule has 140 valence electrons. The summed E-state index contributed by atoms with van der Waals surface area (Å²) < 4.78 is 0. The normalized spacial score (nSPS) is 18.1. The van der Waals surface area contributed by atoms with Gasteiger partial charge in [0, 0.05) is 31.2 Å². The molecule has 2 amide bonds. The summed E-state index contributed by atoms with van der Waals surface area (Å²) in [4.78, 5) is 22.8. The van der Waals surface area contributed by atoms with Crippen LogP contribution in [0.5, 0.6) is 0 Å². The van der Waals surface area contributed by atoms with Crippen LogP contribution in [0.4, 0.5) is 10.5 Å². The lowest BCUT2D eigenvalue weighted by Gasteiger charge is -2.26. The van der Waals surface area contributed by atoms with Gasteiger partial charge in [0.1, 0.15) is 0 Å². The smallest absolute Gasteiger partial charge is 0.320 e. The minimum absolute atomic E-state index is 0.0464. The minimum atomic E-state index is -0.0464. The summed E-state index contributed by atoms with van der Waals surface area (Å²) in [5.41, 5.74) is 4.32. The zero-order chi connectivity index (χ0) is 18.5. The summed E-state index contributed by atoms with van der Waals surface area (Å²) in [5.74, 6) is 0.690. The first-order valence-corrected chi connectivity index (χ1v) is 9.91. The second-order valence-electron chi connectivity index (χ2n) is 7.40. The Kier molecular flexibility index (Phi) is 5.47. The lowest BCUT2D eigenvalue weighted by Crippen LogP contribution is -2.37. The van der Waals surface area contributed by atoms with Gasteiger partial charge in [0.2, 0.25) is 0 Å². The van der Waals surface area contributed by atoms with Gasteiger partial charge in [-0.2, -0.15) is 0 Å². The predicted molar refractivity (Wildman–Crippen MR) is 107 cm³/mol. The minimum Gasteiger partial charge on any atom is -0.320 e. The first-order chi connectivity index (χ1) is 13.3. The van der Waals surface area contributed by atoms with E-state index in [2.05, 4.69) is 33.5 Å². The number of hydrogen-bond donors (Lipinski definition) is 1. The Hall–Kier alpha value is -2.69. The van der Waals surface area contributed by atoms with Crippen molar-refractivity contribution in [1.29, 1.82) is 0 Å². The maximum Gasteiger partial charge on any atom is 0.322 e. The number of urea groups is 1. The standard InChI is InChI=1S/C22H26N4O/c27-22(26-14-10-19(11-15-26)21-16-23-12-13-24-21)25-20-8-6-18(7-9-20)17-4-2-1-3-5-17/h6-10,12-13,16-17H,1-5,11,14-15H2,(H,25,27). The zero-order valence-corrected chi connectivity index (χ0v) is 15.6. The number of nitrogens with one attached hydrogen (secondary N) is 1. The average molecular weight is 362 g/mol. The van der Waals surface area contributed by atoms with E-state index in [0.717, 1.165) is 23.4 Å². The molecule has 0 spiro atoms. The van der Waals surface area contributed by atoms with Crippen LogP contribution in [0.2, 0.25) is 0 Å². The molecule has 5 heteroatoms. The Bertz CT molecular complexity index is 795. The molecular formula is C22H26N4O. The van der Waals surface area contributed by atoms with Crippen molar-refractivity contribution in [2.75, 3.05) is 18.4 Å². The maximum absolute atomic E-state index is 12.6. The Labute approximate surface area is 160 Å². The van der Waals surface area contributed by atoms with Crippen LogP contribution in [0.1, 0.15) is 55.7 Å². The lowest BCUT2D eigenvalue weighted by molar-refractivity contribution is 0.217. The topological polar surface area (TPSA) is 58.1 Å². The first kappa shape index (κ1) is 17.7. The summed E-state index contributed by atoms with van der Waals surface area (Å²) in [7, 11) is 0. The number of nitrogens with zero attached hydrogens (tertiary/aromatic N) is 3.